The normalized spacial score (nSPS) is 10.5. The summed E-state index contributed by atoms with van der Waals surface area (Å²) in [5.74, 6) is 0.801. The Labute approximate surface area is 109 Å². The molecule has 0 radical (unpaired) electrons. The van der Waals surface area contributed by atoms with Gasteiger partial charge in [-0.05, 0) is 24.5 Å². The van der Waals surface area contributed by atoms with Gasteiger partial charge in [0.15, 0.2) is 5.82 Å². The zero-order chi connectivity index (χ0) is 12.6. The Morgan fingerprint density at radius 3 is 2.28 bits per heavy atom. The van der Waals surface area contributed by atoms with Gasteiger partial charge in [-0.15, -0.1) is 0 Å². The van der Waals surface area contributed by atoms with Crippen molar-refractivity contribution in [3.63, 3.8) is 0 Å². The van der Waals surface area contributed by atoms with E-state index in [1.165, 1.54) is 37.7 Å². The number of rotatable bonds is 6. The molecule has 0 N–H and O–H groups in total. The third-order valence-electron chi connectivity index (χ3n) is 3.10. The molecule has 0 unspecified atom stereocenters. The van der Waals surface area contributed by atoms with Gasteiger partial charge in [-0.25, -0.2) is 9.97 Å². The molecule has 1 heterocycles. The van der Waals surface area contributed by atoms with E-state index in [9.17, 15) is 0 Å². The topological polar surface area (TPSA) is 25.8 Å². The van der Waals surface area contributed by atoms with E-state index in [1.807, 2.05) is 6.07 Å². The highest BCUT2D eigenvalue weighted by Crippen LogP contribution is 2.16. The zero-order valence-electron chi connectivity index (χ0n) is 11.0. The molecule has 0 aliphatic heterocycles. The minimum Gasteiger partial charge on any atom is -0.237 e. The summed E-state index contributed by atoms with van der Waals surface area (Å²) in [5, 5.41) is 0. The zero-order valence-corrected chi connectivity index (χ0v) is 11.0. The molecule has 0 fully saturated rings. The minimum absolute atomic E-state index is 0.801. The second kappa shape index (κ2) is 6.90. The Kier molecular flexibility index (Phi) is 4.88. The van der Waals surface area contributed by atoms with E-state index in [1.54, 1.807) is 12.4 Å². The van der Waals surface area contributed by atoms with Gasteiger partial charge in [-0.3, -0.25) is 0 Å². The quantitative estimate of drug-likeness (QED) is 0.705. The summed E-state index contributed by atoms with van der Waals surface area (Å²) in [6, 6.07) is 10.5. The molecule has 18 heavy (non-hydrogen) atoms. The Bertz CT molecular complexity index is 448. The first-order chi connectivity index (χ1) is 8.90. The molecule has 1 aromatic carbocycles. The number of hydrogen-bond acceptors (Lipinski definition) is 2. The molecule has 0 aliphatic carbocycles. The summed E-state index contributed by atoms with van der Waals surface area (Å²) in [7, 11) is 0. The fourth-order valence-electron chi connectivity index (χ4n) is 2.02. The van der Waals surface area contributed by atoms with Crippen LogP contribution in [0, 0.1) is 0 Å². The average molecular weight is 240 g/mol. The van der Waals surface area contributed by atoms with Gasteiger partial charge >= 0.3 is 0 Å². The van der Waals surface area contributed by atoms with E-state index in [-0.39, 0.29) is 0 Å². The molecule has 0 amide bonds. The lowest BCUT2D eigenvalue weighted by atomic mass is 10.0. The second-order valence-electron chi connectivity index (χ2n) is 4.58. The van der Waals surface area contributed by atoms with E-state index in [4.69, 9.17) is 0 Å². The highest BCUT2D eigenvalue weighted by atomic mass is 14.8. The van der Waals surface area contributed by atoms with Crippen LogP contribution in [0.5, 0.6) is 0 Å². The third kappa shape index (κ3) is 3.66. The van der Waals surface area contributed by atoms with Crippen molar-refractivity contribution in [2.45, 2.75) is 39.0 Å². The summed E-state index contributed by atoms with van der Waals surface area (Å²) in [6.45, 7) is 2.24. The highest BCUT2D eigenvalue weighted by molar-refractivity contribution is 5.54. The van der Waals surface area contributed by atoms with Gasteiger partial charge < -0.3 is 0 Å². The van der Waals surface area contributed by atoms with Crippen molar-refractivity contribution in [2.75, 3.05) is 0 Å². The maximum absolute atomic E-state index is 4.25. The van der Waals surface area contributed by atoms with Crippen molar-refractivity contribution in [3.05, 3.63) is 48.3 Å². The maximum atomic E-state index is 4.25. The number of aromatic nitrogens is 2. The number of unbranched alkanes of at least 4 members (excludes halogenated alkanes) is 3. The molecule has 0 aliphatic rings. The molecule has 2 rings (SSSR count). The number of nitrogens with zero attached hydrogens (tertiary/aromatic N) is 2. The standard InChI is InChI=1S/C16H20N2/c1-2-3-4-5-7-14-8-10-15(11-9-14)16-17-12-6-13-18-16/h6,8-13H,2-5,7H2,1H3. The smallest absolute Gasteiger partial charge is 0.159 e. The van der Waals surface area contributed by atoms with Crippen LogP contribution >= 0.6 is 0 Å². The number of aryl methyl sites for hydroxylation is 1. The molecule has 1 aromatic heterocycles. The van der Waals surface area contributed by atoms with Crippen LogP contribution in [-0.4, -0.2) is 9.97 Å². The Balaban J connectivity index is 1.94. The fraction of sp³-hybridized carbons (Fsp3) is 0.375. The summed E-state index contributed by atoms with van der Waals surface area (Å²) >= 11 is 0. The van der Waals surface area contributed by atoms with Crippen molar-refractivity contribution in [2.24, 2.45) is 0 Å². The summed E-state index contributed by atoms with van der Waals surface area (Å²) in [4.78, 5) is 8.51. The van der Waals surface area contributed by atoms with Crippen LogP contribution in [0.25, 0.3) is 11.4 Å². The third-order valence-corrected chi connectivity index (χ3v) is 3.10. The summed E-state index contributed by atoms with van der Waals surface area (Å²) < 4.78 is 0. The molecular formula is C16H20N2. The molecule has 0 spiro atoms. The van der Waals surface area contributed by atoms with Crippen LogP contribution in [0.3, 0.4) is 0 Å². The lowest BCUT2D eigenvalue weighted by Gasteiger charge is -2.03. The van der Waals surface area contributed by atoms with Crippen molar-refractivity contribution < 1.29 is 0 Å². The van der Waals surface area contributed by atoms with Crippen molar-refractivity contribution in [1.82, 2.24) is 9.97 Å². The van der Waals surface area contributed by atoms with Crippen LogP contribution in [0.1, 0.15) is 38.2 Å². The number of hydrogen-bond donors (Lipinski definition) is 0. The second-order valence-corrected chi connectivity index (χ2v) is 4.58. The Hall–Kier alpha value is -1.70. The highest BCUT2D eigenvalue weighted by Gasteiger charge is 1.99. The first-order valence-corrected chi connectivity index (χ1v) is 6.76. The molecule has 0 saturated carbocycles. The van der Waals surface area contributed by atoms with E-state index in [2.05, 4.69) is 41.2 Å². The predicted octanol–water partition coefficient (Wildman–Crippen LogP) is 4.27. The van der Waals surface area contributed by atoms with E-state index in [0.29, 0.717) is 0 Å². The van der Waals surface area contributed by atoms with Gasteiger partial charge in [0.1, 0.15) is 0 Å². The molecule has 0 bridgehead atoms. The largest absolute Gasteiger partial charge is 0.237 e. The Morgan fingerprint density at radius 1 is 0.889 bits per heavy atom. The van der Waals surface area contributed by atoms with E-state index < -0.39 is 0 Å². The molecule has 94 valence electrons. The van der Waals surface area contributed by atoms with E-state index in [0.717, 1.165) is 11.4 Å². The first kappa shape index (κ1) is 12.7. The molecular weight excluding hydrogens is 220 g/mol. The monoisotopic (exact) mass is 240 g/mol. The van der Waals surface area contributed by atoms with Crippen molar-refractivity contribution >= 4 is 0 Å². The first-order valence-electron chi connectivity index (χ1n) is 6.76. The van der Waals surface area contributed by atoms with Crippen LogP contribution < -0.4 is 0 Å². The maximum Gasteiger partial charge on any atom is 0.159 e. The van der Waals surface area contributed by atoms with Crippen LogP contribution in [0.4, 0.5) is 0 Å². The molecule has 0 saturated heterocycles. The summed E-state index contributed by atoms with van der Waals surface area (Å²) in [5.41, 5.74) is 2.50. The summed E-state index contributed by atoms with van der Waals surface area (Å²) in [6.07, 6.45) is 9.99. The Morgan fingerprint density at radius 2 is 1.61 bits per heavy atom. The van der Waals surface area contributed by atoms with Gasteiger partial charge in [-0.1, -0.05) is 50.5 Å². The molecule has 2 heteroatoms. The van der Waals surface area contributed by atoms with E-state index >= 15 is 0 Å². The lowest BCUT2D eigenvalue weighted by Crippen LogP contribution is -1.89. The van der Waals surface area contributed by atoms with Gasteiger partial charge in [0, 0.05) is 18.0 Å². The molecule has 2 nitrogen and oxygen atoms in total. The van der Waals surface area contributed by atoms with Crippen LogP contribution in [0.15, 0.2) is 42.7 Å². The average Bonchev–Trinajstić information content (AvgIpc) is 2.45. The van der Waals surface area contributed by atoms with Crippen LogP contribution in [0.2, 0.25) is 0 Å². The molecule has 0 atom stereocenters. The van der Waals surface area contributed by atoms with Gasteiger partial charge in [0.05, 0.1) is 0 Å². The van der Waals surface area contributed by atoms with Crippen molar-refractivity contribution in [1.29, 1.82) is 0 Å². The van der Waals surface area contributed by atoms with Gasteiger partial charge in [-0.2, -0.15) is 0 Å². The number of benzene rings is 1. The predicted molar refractivity (Wildman–Crippen MR) is 75.3 cm³/mol. The fourth-order valence-corrected chi connectivity index (χ4v) is 2.02. The lowest BCUT2D eigenvalue weighted by molar-refractivity contribution is 0.667. The molecule has 2 aromatic rings. The van der Waals surface area contributed by atoms with Crippen molar-refractivity contribution in [3.8, 4) is 11.4 Å². The van der Waals surface area contributed by atoms with Crippen LogP contribution in [-0.2, 0) is 6.42 Å². The SMILES string of the molecule is CCCCCCc1ccc(-c2ncccn2)cc1. The van der Waals surface area contributed by atoms with Gasteiger partial charge in [0.25, 0.3) is 0 Å². The minimum atomic E-state index is 0.801. The van der Waals surface area contributed by atoms with Gasteiger partial charge in [0.2, 0.25) is 0 Å².